The summed E-state index contributed by atoms with van der Waals surface area (Å²) < 4.78 is 11.4. The van der Waals surface area contributed by atoms with Crippen molar-refractivity contribution in [3.8, 4) is 5.75 Å². The molecular formula is C15H13Br2NO5S. The van der Waals surface area contributed by atoms with Gasteiger partial charge in [-0.2, -0.15) is 0 Å². The van der Waals surface area contributed by atoms with Crippen LogP contribution in [0.15, 0.2) is 26.0 Å². The first-order chi connectivity index (χ1) is 11.4. The van der Waals surface area contributed by atoms with Crippen LogP contribution in [0.25, 0.3) is 6.08 Å². The van der Waals surface area contributed by atoms with Crippen molar-refractivity contribution in [2.75, 3.05) is 20.3 Å². The van der Waals surface area contributed by atoms with Crippen LogP contribution in [0, 0.1) is 0 Å². The van der Waals surface area contributed by atoms with E-state index in [0.717, 1.165) is 25.6 Å². The number of carbonyl (C=O) groups excluding carboxylic acids is 3. The van der Waals surface area contributed by atoms with Crippen LogP contribution >= 0.6 is 43.6 Å². The summed E-state index contributed by atoms with van der Waals surface area (Å²) >= 11 is 7.61. The molecule has 0 bridgehead atoms. The molecule has 0 aliphatic carbocycles. The highest BCUT2D eigenvalue weighted by atomic mass is 79.9. The fourth-order valence-electron chi connectivity index (χ4n) is 1.93. The number of thioether (sulfide) groups is 1. The minimum Gasteiger partial charge on any atom is -0.492 e. The Morgan fingerprint density at radius 3 is 2.46 bits per heavy atom. The fraction of sp³-hybridized carbons (Fsp3) is 0.267. The summed E-state index contributed by atoms with van der Waals surface area (Å²) in [7, 11) is 1.20. The topological polar surface area (TPSA) is 72.9 Å². The smallest absolute Gasteiger partial charge is 0.325 e. The lowest BCUT2D eigenvalue weighted by Gasteiger charge is -2.10. The fourth-order valence-corrected chi connectivity index (χ4v) is 4.22. The quantitative estimate of drug-likeness (QED) is 0.473. The Hall–Kier alpha value is -1.32. The number of nitrogens with zero attached hydrogens (tertiary/aromatic N) is 1. The molecule has 2 rings (SSSR count). The highest BCUT2D eigenvalue weighted by Gasteiger charge is 2.36. The van der Waals surface area contributed by atoms with E-state index in [0.29, 0.717) is 17.9 Å². The van der Waals surface area contributed by atoms with Gasteiger partial charge < -0.3 is 9.47 Å². The molecule has 6 nitrogen and oxygen atoms in total. The SMILES string of the molecule is CCOc1c(Br)cc(/C=C2/SC(=O)N(CC(=O)OC)C2=O)cc1Br. The van der Waals surface area contributed by atoms with Crippen molar-refractivity contribution in [1.29, 1.82) is 0 Å². The molecule has 24 heavy (non-hydrogen) atoms. The van der Waals surface area contributed by atoms with Crippen LogP contribution in [-0.4, -0.2) is 42.3 Å². The van der Waals surface area contributed by atoms with E-state index < -0.39 is 23.7 Å². The summed E-state index contributed by atoms with van der Waals surface area (Å²) in [5.74, 6) is -0.505. The number of benzene rings is 1. The molecule has 1 fully saturated rings. The van der Waals surface area contributed by atoms with E-state index in [1.807, 2.05) is 6.92 Å². The highest BCUT2D eigenvalue weighted by molar-refractivity contribution is 9.11. The zero-order valence-electron chi connectivity index (χ0n) is 12.8. The Balaban J connectivity index is 2.27. The van der Waals surface area contributed by atoms with E-state index >= 15 is 0 Å². The summed E-state index contributed by atoms with van der Waals surface area (Å²) in [5, 5.41) is -0.499. The summed E-state index contributed by atoms with van der Waals surface area (Å²) in [6.45, 7) is 2.00. The average Bonchev–Trinajstić information content (AvgIpc) is 2.78. The van der Waals surface area contributed by atoms with Gasteiger partial charge in [-0.1, -0.05) is 0 Å². The first-order valence-corrected chi connectivity index (χ1v) is 9.21. The average molecular weight is 479 g/mol. The molecule has 1 heterocycles. The Kier molecular flexibility index (Phi) is 6.47. The monoisotopic (exact) mass is 477 g/mol. The van der Waals surface area contributed by atoms with Gasteiger partial charge in [0.25, 0.3) is 11.1 Å². The van der Waals surface area contributed by atoms with E-state index in [4.69, 9.17) is 4.74 Å². The molecular weight excluding hydrogens is 466 g/mol. The maximum Gasteiger partial charge on any atom is 0.325 e. The number of rotatable bonds is 5. The van der Waals surface area contributed by atoms with Crippen LogP contribution < -0.4 is 4.74 Å². The van der Waals surface area contributed by atoms with E-state index in [9.17, 15) is 14.4 Å². The second-order valence-electron chi connectivity index (χ2n) is 4.59. The van der Waals surface area contributed by atoms with Gasteiger partial charge in [0.15, 0.2) is 0 Å². The van der Waals surface area contributed by atoms with Gasteiger partial charge >= 0.3 is 5.97 Å². The second-order valence-corrected chi connectivity index (χ2v) is 7.29. The molecule has 1 aliphatic heterocycles. The third kappa shape index (κ3) is 4.20. The van der Waals surface area contributed by atoms with Crippen LogP contribution in [0.3, 0.4) is 0 Å². The molecule has 1 aromatic rings. The molecule has 1 saturated heterocycles. The third-order valence-corrected chi connectivity index (χ3v) is 5.08. The molecule has 0 atom stereocenters. The molecule has 0 saturated carbocycles. The zero-order chi connectivity index (χ0) is 17.9. The van der Waals surface area contributed by atoms with Crippen LogP contribution in [-0.2, 0) is 14.3 Å². The molecule has 0 spiro atoms. The number of halogens is 2. The Morgan fingerprint density at radius 1 is 1.29 bits per heavy atom. The summed E-state index contributed by atoms with van der Waals surface area (Å²) in [5.41, 5.74) is 0.709. The molecule has 0 unspecified atom stereocenters. The van der Waals surface area contributed by atoms with Gasteiger partial charge in [-0.3, -0.25) is 19.3 Å². The Bertz CT molecular complexity index is 712. The minimum absolute atomic E-state index is 0.242. The third-order valence-electron chi connectivity index (χ3n) is 3.00. The number of ether oxygens (including phenoxy) is 2. The summed E-state index contributed by atoms with van der Waals surface area (Å²) in [4.78, 5) is 36.6. The maximum absolute atomic E-state index is 12.3. The van der Waals surface area contributed by atoms with Gasteiger partial charge in [-0.25, -0.2) is 0 Å². The molecule has 1 aromatic carbocycles. The summed E-state index contributed by atoms with van der Waals surface area (Å²) in [6.07, 6.45) is 1.59. The van der Waals surface area contributed by atoms with Gasteiger partial charge in [-0.05, 0) is 74.3 Å². The number of carbonyl (C=O) groups is 3. The highest BCUT2D eigenvalue weighted by Crippen LogP contribution is 2.37. The van der Waals surface area contributed by atoms with Crippen molar-refractivity contribution < 1.29 is 23.9 Å². The predicted molar refractivity (Wildman–Crippen MR) is 97.7 cm³/mol. The van der Waals surface area contributed by atoms with Crippen LogP contribution in [0.1, 0.15) is 12.5 Å². The largest absolute Gasteiger partial charge is 0.492 e. The number of hydrogen-bond donors (Lipinski definition) is 0. The molecule has 128 valence electrons. The van der Waals surface area contributed by atoms with Crippen molar-refractivity contribution in [1.82, 2.24) is 4.90 Å². The van der Waals surface area contributed by atoms with Gasteiger partial charge in [0, 0.05) is 0 Å². The summed E-state index contributed by atoms with van der Waals surface area (Å²) in [6, 6.07) is 3.56. The first-order valence-electron chi connectivity index (χ1n) is 6.81. The standard InChI is InChI=1S/C15H13Br2NO5S/c1-3-23-13-9(16)4-8(5-10(13)17)6-11-14(20)18(15(21)24-11)7-12(19)22-2/h4-6H,3,7H2,1-2H3/b11-6+. The molecule has 0 aromatic heterocycles. The first kappa shape index (κ1) is 19.0. The predicted octanol–water partition coefficient (Wildman–Crippen LogP) is 3.82. The molecule has 1 aliphatic rings. The Labute approximate surface area is 159 Å². The lowest BCUT2D eigenvalue weighted by molar-refractivity contribution is -0.143. The number of esters is 1. The molecule has 9 heteroatoms. The normalized spacial score (nSPS) is 16.0. The van der Waals surface area contributed by atoms with Gasteiger partial charge in [0.2, 0.25) is 0 Å². The molecule has 0 radical (unpaired) electrons. The van der Waals surface area contributed by atoms with E-state index in [1.54, 1.807) is 18.2 Å². The lowest BCUT2D eigenvalue weighted by atomic mass is 10.2. The number of hydrogen-bond acceptors (Lipinski definition) is 6. The molecule has 0 N–H and O–H groups in total. The van der Waals surface area contributed by atoms with Crippen LogP contribution in [0.4, 0.5) is 4.79 Å². The Morgan fingerprint density at radius 2 is 1.92 bits per heavy atom. The van der Waals surface area contributed by atoms with Crippen molar-refractivity contribution in [3.63, 3.8) is 0 Å². The van der Waals surface area contributed by atoms with Crippen LogP contribution in [0.5, 0.6) is 5.75 Å². The lowest BCUT2D eigenvalue weighted by Crippen LogP contribution is -2.34. The maximum atomic E-state index is 12.3. The number of imide groups is 1. The van der Waals surface area contributed by atoms with Crippen molar-refractivity contribution in [2.45, 2.75) is 6.92 Å². The number of amides is 2. The van der Waals surface area contributed by atoms with E-state index in [2.05, 4.69) is 36.6 Å². The molecule has 2 amide bonds. The number of methoxy groups -OCH3 is 1. The van der Waals surface area contributed by atoms with E-state index in [1.165, 1.54) is 7.11 Å². The second kappa shape index (κ2) is 8.17. The van der Waals surface area contributed by atoms with Crippen molar-refractivity contribution in [2.24, 2.45) is 0 Å². The van der Waals surface area contributed by atoms with Crippen molar-refractivity contribution >= 4 is 66.8 Å². The zero-order valence-corrected chi connectivity index (χ0v) is 16.8. The van der Waals surface area contributed by atoms with Gasteiger partial charge in [-0.15, -0.1) is 0 Å². The van der Waals surface area contributed by atoms with E-state index in [-0.39, 0.29) is 4.91 Å². The van der Waals surface area contributed by atoms with Gasteiger partial charge in [0.1, 0.15) is 12.3 Å². The van der Waals surface area contributed by atoms with Crippen molar-refractivity contribution in [3.05, 3.63) is 31.5 Å². The van der Waals surface area contributed by atoms with Gasteiger partial charge in [0.05, 0.1) is 27.6 Å². The minimum atomic E-state index is -0.648. The van der Waals surface area contributed by atoms with Crippen LogP contribution in [0.2, 0.25) is 0 Å².